The molecule has 0 aliphatic carbocycles. The van der Waals surface area contributed by atoms with Crippen LogP contribution < -0.4 is 58.3 Å². The Morgan fingerprint density at radius 1 is 0.372 bits per heavy atom. The maximum atomic E-state index is 13.9. The first-order valence-corrected chi connectivity index (χ1v) is 49.1. The molecule has 1 fully saturated rings. The Morgan fingerprint density at radius 3 is 1.09 bits per heavy atom. The number of hydrogen-bond acceptors (Lipinski definition) is 22. The number of likely N-dealkylation sites (tertiary alicyclic amines) is 1. The Kier molecular flexibility index (Phi) is 29.7. The van der Waals surface area contributed by atoms with Gasteiger partial charge in [-0.05, 0) is 305 Å². The molecular formula is C110H115F4N23O11. The molecule has 8 aromatic carbocycles. The molecule has 38 heteroatoms. The fourth-order valence-electron chi connectivity index (χ4n) is 19.7. The molecule has 13 heterocycles. The van der Waals surface area contributed by atoms with Crippen molar-refractivity contribution in [2.75, 3.05) is 116 Å². The number of amides is 5. The number of hydrogen-bond donors (Lipinski definition) is 13. The zero-order valence-corrected chi connectivity index (χ0v) is 84.0. The number of nitrogens with one attached hydrogen (secondary N) is 13. The Labute approximate surface area is 847 Å². The fraction of sp³-hybridized carbons (Fsp3) is 0.300. The third-order valence-electron chi connectivity index (χ3n) is 27.2. The van der Waals surface area contributed by atoms with Gasteiger partial charge in [0, 0.05) is 125 Å². The monoisotopic (exact) mass is 2010 g/mol. The van der Waals surface area contributed by atoms with Gasteiger partial charge in [0.15, 0.2) is 0 Å². The van der Waals surface area contributed by atoms with E-state index in [2.05, 4.69) is 86.3 Å². The van der Waals surface area contributed by atoms with Crippen LogP contribution in [0, 0.1) is 37.1 Å². The number of methoxy groups -OCH3 is 2. The normalized spacial score (nSPS) is 14.5. The summed E-state index contributed by atoms with van der Waals surface area (Å²) in [5.41, 5.74) is 18.3. The van der Waals surface area contributed by atoms with Gasteiger partial charge in [-0.25, -0.2) is 37.5 Å². The maximum Gasteiger partial charge on any atom is 0.261 e. The van der Waals surface area contributed by atoms with Crippen LogP contribution in [0.25, 0.3) is 89.7 Å². The largest absolute Gasteiger partial charge is 0.496 e. The SMILES string of the molecule is COc1ccc(F)cc1C[C@H](C)Nc1cc[nH]c(=O)c1-c1nc2cc3c(cc2[nH]1)CN(CCN(C)C)C3=O.COc1ccc(F)cc1C[C@H](C)Nc1cc[nH]c(=O)c1-c1nc2cc3c(cc2[nH]1)CN(CCN1CCCC1)C3=O.Cc1ccc(F)cc1C[C@H](C)Nc1cc[nH]c(=O)c1-c1nc2cc3c(cc2[nH]1)C(=O)N(CCN(C)C)C3=O.Cc1ccc(F)cc1C[C@H](C)Nc1cc[nH]c(=O)c1-c1nc2cc3c(cc2[nH]1)CNC3=O. The molecule has 34 nitrogen and oxygen atoms in total. The summed E-state index contributed by atoms with van der Waals surface area (Å²) < 4.78 is 65.9. The van der Waals surface area contributed by atoms with Gasteiger partial charge in [0.1, 0.15) is 80.3 Å². The Morgan fingerprint density at radius 2 is 0.703 bits per heavy atom. The van der Waals surface area contributed by atoms with Crippen molar-refractivity contribution in [3.8, 4) is 57.1 Å². The van der Waals surface area contributed by atoms with Crippen LogP contribution in [0.1, 0.15) is 142 Å². The van der Waals surface area contributed by atoms with Gasteiger partial charge < -0.3 is 100 Å². The van der Waals surface area contributed by atoms with E-state index < -0.39 is 0 Å². The van der Waals surface area contributed by atoms with Crippen LogP contribution in [0.4, 0.5) is 40.3 Å². The molecule has 5 amide bonds. The lowest BCUT2D eigenvalue weighted by Gasteiger charge is -2.20. The van der Waals surface area contributed by atoms with Crippen LogP contribution in [-0.2, 0) is 45.3 Å². The molecule has 8 aromatic heterocycles. The van der Waals surface area contributed by atoms with Crippen molar-refractivity contribution in [1.82, 2.24) is 94.5 Å². The Hall–Kier alpha value is -16.6. The zero-order valence-electron chi connectivity index (χ0n) is 84.0. The van der Waals surface area contributed by atoms with Gasteiger partial charge in [-0.3, -0.25) is 48.1 Å². The minimum Gasteiger partial charge on any atom is -0.496 e. The number of benzene rings is 8. The first-order valence-electron chi connectivity index (χ1n) is 49.1. The third kappa shape index (κ3) is 22.1. The summed E-state index contributed by atoms with van der Waals surface area (Å²) in [5, 5.41) is 16.3. The van der Waals surface area contributed by atoms with Crippen molar-refractivity contribution in [3.63, 3.8) is 0 Å². The smallest absolute Gasteiger partial charge is 0.261 e. The number of aryl methyl sites for hydroxylation is 2. The van der Waals surface area contributed by atoms with Crippen LogP contribution in [0.2, 0.25) is 0 Å². The van der Waals surface area contributed by atoms with Crippen molar-refractivity contribution in [1.29, 1.82) is 0 Å². The van der Waals surface area contributed by atoms with E-state index in [1.807, 2.05) is 114 Å². The molecule has 764 valence electrons. The van der Waals surface area contributed by atoms with Crippen LogP contribution in [0.3, 0.4) is 0 Å². The molecule has 1 saturated heterocycles. The minimum absolute atomic E-state index is 0.00480. The third-order valence-corrected chi connectivity index (χ3v) is 27.2. The quantitative estimate of drug-likeness (QED) is 0.0142. The van der Waals surface area contributed by atoms with E-state index in [1.165, 1.54) is 60.2 Å². The van der Waals surface area contributed by atoms with Gasteiger partial charge in [-0.2, -0.15) is 0 Å². The van der Waals surface area contributed by atoms with Gasteiger partial charge in [0.25, 0.3) is 51.8 Å². The fourth-order valence-corrected chi connectivity index (χ4v) is 19.7. The van der Waals surface area contributed by atoms with E-state index in [0.29, 0.717) is 207 Å². The number of imide groups is 1. The summed E-state index contributed by atoms with van der Waals surface area (Å²) in [6.45, 7) is 19.5. The number of rotatable bonds is 31. The summed E-state index contributed by atoms with van der Waals surface area (Å²) in [6.07, 6.45) is 10.8. The highest BCUT2D eigenvalue weighted by molar-refractivity contribution is 6.23. The lowest BCUT2D eigenvalue weighted by molar-refractivity contribution is 0.0642. The number of aromatic nitrogens is 12. The Bertz CT molecular complexity index is 8040. The molecule has 0 unspecified atom stereocenters. The zero-order chi connectivity index (χ0) is 104. The molecule has 0 radical (unpaired) electrons. The molecule has 21 rings (SSSR count). The van der Waals surface area contributed by atoms with E-state index in [1.54, 1.807) is 118 Å². The van der Waals surface area contributed by atoms with Crippen molar-refractivity contribution in [2.24, 2.45) is 0 Å². The number of anilines is 4. The highest BCUT2D eigenvalue weighted by Gasteiger charge is 2.38. The minimum atomic E-state index is -0.349. The molecule has 16 aromatic rings. The average molecular weight is 2010 g/mol. The number of carbonyl (C=O) groups excluding carboxylic acids is 5. The summed E-state index contributed by atoms with van der Waals surface area (Å²) in [7, 11) is 10.8. The molecule has 5 aliphatic rings. The molecule has 5 aliphatic heterocycles. The highest BCUT2D eigenvalue weighted by Crippen LogP contribution is 2.38. The number of likely N-dealkylation sites (N-methyl/N-ethyl adjacent to an activating group) is 2. The Balaban J connectivity index is 0.000000129. The van der Waals surface area contributed by atoms with Crippen LogP contribution in [0.15, 0.2) is 190 Å². The molecule has 4 atom stereocenters. The second-order valence-electron chi connectivity index (χ2n) is 38.8. The number of ether oxygens (including phenoxy) is 2. The summed E-state index contributed by atoms with van der Waals surface area (Å²) in [5.74, 6) is 0.754. The second-order valence-corrected chi connectivity index (χ2v) is 38.8. The molecular weight excluding hydrogens is 1900 g/mol. The number of carbonyl (C=O) groups is 5. The van der Waals surface area contributed by atoms with Gasteiger partial charge >= 0.3 is 0 Å². The number of fused-ring (bicyclic) bond motifs is 8. The first kappa shape index (κ1) is 101. The topological polar surface area (TPSA) is 430 Å². The summed E-state index contributed by atoms with van der Waals surface area (Å²) in [4.78, 5) is 169. The van der Waals surface area contributed by atoms with Gasteiger partial charge in [0.05, 0.1) is 92.2 Å². The predicted octanol–water partition coefficient (Wildman–Crippen LogP) is 15.0. The number of aromatic amines is 8. The van der Waals surface area contributed by atoms with Crippen LogP contribution in [-0.4, -0.2) is 238 Å². The second kappa shape index (κ2) is 43.4. The first-order chi connectivity index (χ1) is 71.1. The standard InChI is InChI=1S/C30H33FN6O3.C28H31FN6O3.C28H29FN6O3.C24H22FN5O2/c1-18(13-19-14-21(31)5-6-26(19)40-2)33-23-7-8-32-29(38)27(23)28-34-24-15-20-17-37(12-11-36-9-3-4-10-36)30(39)22(20)16-25(24)35-28;1-16(11-17-12-19(29)5-6-24(17)38-4)31-21-7-8-30-27(36)25(21)26-32-22-13-18-15-35(10-9-34(2)3)28(37)20(18)14-23(22)33-26;1-15-5-6-18(29)12-17(15)11-16(2)31-21-7-8-30-26(36)24(21)25-32-22-13-19-20(14-23(22)33-25)28(38)35(27(19)37)10-9-34(3)4;1-12-3-4-16(25)8-14(12)7-13(2)28-18-5-6-26-24(32)21(18)22-29-19-9-15-11-27-23(31)17(15)10-20(19)30-22/h5-8,14-16,18H,3-4,9-13,17H2,1-2H3,(H,34,35)(H2,32,33,38);5-8,12-14,16H,9-11,15H2,1-4H3,(H,32,33)(H2,30,31,36);5-8,12-14,16H,9-11H2,1-4H3,(H,32,33)(H2,30,31,36);3-6,8-10,13H,7,11H2,1-2H3,(H,27,31)(H,29,30)(H2,26,28,32)/t18-;2*16-;13-/m0000/s1. The summed E-state index contributed by atoms with van der Waals surface area (Å²) >= 11 is 0. The molecule has 0 bridgehead atoms. The van der Waals surface area contributed by atoms with Gasteiger partial charge in [-0.15, -0.1) is 0 Å². The highest BCUT2D eigenvalue weighted by atomic mass is 19.1. The number of H-pyrrole nitrogens is 8. The predicted molar refractivity (Wildman–Crippen MR) is 563 cm³/mol. The van der Waals surface area contributed by atoms with Crippen LogP contribution >= 0.6 is 0 Å². The van der Waals surface area contributed by atoms with Crippen LogP contribution in [0.5, 0.6) is 11.5 Å². The van der Waals surface area contributed by atoms with E-state index >= 15 is 0 Å². The summed E-state index contributed by atoms with van der Waals surface area (Å²) in [6, 6.07) is 39.3. The van der Waals surface area contributed by atoms with Crippen molar-refractivity contribution < 1.29 is 51.0 Å². The van der Waals surface area contributed by atoms with E-state index in [0.717, 1.165) is 92.8 Å². The van der Waals surface area contributed by atoms with Gasteiger partial charge in [0.2, 0.25) is 0 Å². The lowest BCUT2D eigenvalue weighted by atomic mass is 10.0. The average Bonchev–Trinajstić information content (AvgIpc) is 1.58. The van der Waals surface area contributed by atoms with E-state index in [9.17, 15) is 60.7 Å². The van der Waals surface area contributed by atoms with Gasteiger partial charge in [-0.1, -0.05) is 12.1 Å². The van der Waals surface area contributed by atoms with Crippen molar-refractivity contribution in [3.05, 3.63) is 313 Å². The number of halogens is 4. The van der Waals surface area contributed by atoms with E-state index in [4.69, 9.17) is 14.5 Å². The molecule has 0 spiro atoms. The maximum absolute atomic E-state index is 13.9. The van der Waals surface area contributed by atoms with Crippen molar-refractivity contribution in [2.45, 2.75) is 124 Å². The molecule has 0 saturated carbocycles. The molecule has 13 N–H and O–H groups in total. The number of imidazole rings is 4. The number of nitrogens with zero attached hydrogens (tertiary/aromatic N) is 10. The molecule has 148 heavy (non-hydrogen) atoms. The van der Waals surface area contributed by atoms with Crippen molar-refractivity contribution >= 4 is 96.4 Å². The number of pyridine rings is 4. The lowest BCUT2D eigenvalue weighted by Crippen LogP contribution is -2.35. The van der Waals surface area contributed by atoms with E-state index in [-0.39, 0.29) is 99.2 Å².